The lowest BCUT2D eigenvalue weighted by molar-refractivity contribution is 0.186. The van der Waals surface area contributed by atoms with Crippen molar-refractivity contribution in [2.24, 2.45) is 4.99 Å². The van der Waals surface area contributed by atoms with Gasteiger partial charge < -0.3 is 20.1 Å². The fourth-order valence-electron chi connectivity index (χ4n) is 2.39. The third-order valence-corrected chi connectivity index (χ3v) is 3.89. The molecule has 0 bridgehead atoms. The highest BCUT2D eigenvalue weighted by atomic mass is 19.1. The molecule has 0 saturated carbocycles. The summed E-state index contributed by atoms with van der Waals surface area (Å²) < 4.78 is 32.0. The number of halogens is 2. The Balaban J connectivity index is 1.90. The normalized spacial score (nSPS) is 12.6. The van der Waals surface area contributed by atoms with E-state index in [0.717, 1.165) is 0 Å². The number of aliphatic hydroxyl groups is 1. The summed E-state index contributed by atoms with van der Waals surface area (Å²) in [7, 11) is 1.83. The summed E-state index contributed by atoms with van der Waals surface area (Å²) in [4.78, 5) is 6.25. The van der Waals surface area contributed by atoms with Crippen molar-refractivity contribution in [2.75, 3.05) is 33.3 Å². The standard InChI is InChI=1S/C20H25F2N3O2/c1-3-23-20(24-14-18(26)15-8-10-16(21)11-9-15)25(2)12-13-27-19-7-5-4-6-17(19)22/h4-11,18,26H,3,12-14H2,1-2H3,(H,23,24). The first-order valence-corrected chi connectivity index (χ1v) is 8.81. The molecule has 7 heteroatoms. The highest BCUT2D eigenvalue weighted by Gasteiger charge is 2.10. The van der Waals surface area contributed by atoms with Crippen molar-refractivity contribution in [3.8, 4) is 5.75 Å². The molecule has 2 N–H and O–H groups in total. The van der Waals surface area contributed by atoms with Crippen molar-refractivity contribution in [3.63, 3.8) is 0 Å². The number of nitrogens with one attached hydrogen (secondary N) is 1. The number of ether oxygens (including phenoxy) is 1. The monoisotopic (exact) mass is 377 g/mol. The SMILES string of the molecule is CCNC(=NCC(O)c1ccc(F)cc1)N(C)CCOc1ccccc1F. The Morgan fingerprint density at radius 2 is 1.89 bits per heavy atom. The molecule has 2 aromatic rings. The molecule has 5 nitrogen and oxygen atoms in total. The van der Waals surface area contributed by atoms with Crippen molar-refractivity contribution in [1.82, 2.24) is 10.2 Å². The second-order valence-corrected chi connectivity index (χ2v) is 5.96. The number of rotatable bonds is 8. The molecule has 0 radical (unpaired) electrons. The smallest absolute Gasteiger partial charge is 0.193 e. The van der Waals surface area contributed by atoms with Crippen LogP contribution in [-0.2, 0) is 0 Å². The molecule has 2 aromatic carbocycles. The predicted molar refractivity (Wildman–Crippen MR) is 102 cm³/mol. The van der Waals surface area contributed by atoms with E-state index in [4.69, 9.17) is 4.74 Å². The van der Waals surface area contributed by atoms with E-state index in [2.05, 4.69) is 10.3 Å². The Morgan fingerprint density at radius 1 is 1.19 bits per heavy atom. The first kappa shape index (κ1) is 20.6. The quantitative estimate of drug-likeness (QED) is 0.549. The highest BCUT2D eigenvalue weighted by molar-refractivity contribution is 5.79. The van der Waals surface area contributed by atoms with Gasteiger partial charge >= 0.3 is 0 Å². The summed E-state index contributed by atoms with van der Waals surface area (Å²) in [6.07, 6.45) is -0.831. The van der Waals surface area contributed by atoms with E-state index < -0.39 is 11.9 Å². The van der Waals surface area contributed by atoms with Crippen LogP contribution in [0.5, 0.6) is 5.75 Å². The van der Waals surface area contributed by atoms with Gasteiger partial charge in [0.15, 0.2) is 17.5 Å². The van der Waals surface area contributed by atoms with Gasteiger partial charge in [0.25, 0.3) is 0 Å². The van der Waals surface area contributed by atoms with Crippen molar-refractivity contribution in [3.05, 3.63) is 65.7 Å². The molecule has 0 fully saturated rings. The highest BCUT2D eigenvalue weighted by Crippen LogP contribution is 2.15. The molecule has 0 aliphatic rings. The van der Waals surface area contributed by atoms with Crippen molar-refractivity contribution in [2.45, 2.75) is 13.0 Å². The number of benzene rings is 2. The maximum absolute atomic E-state index is 13.6. The van der Waals surface area contributed by atoms with Crippen LogP contribution in [0.3, 0.4) is 0 Å². The molecule has 0 amide bonds. The molecule has 2 rings (SSSR count). The zero-order valence-electron chi connectivity index (χ0n) is 15.5. The van der Waals surface area contributed by atoms with E-state index in [9.17, 15) is 13.9 Å². The van der Waals surface area contributed by atoms with E-state index in [1.807, 2.05) is 18.9 Å². The van der Waals surface area contributed by atoms with Gasteiger partial charge in [-0.05, 0) is 36.8 Å². The third-order valence-electron chi connectivity index (χ3n) is 3.89. The van der Waals surface area contributed by atoms with Gasteiger partial charge in [0.2, 0.25) is 0 Å². The summed E-state index contributed by atoms with van der Waals surface area (Å²) in [5, 5.41) is 13.4. The van der Waals surface area contributed by atoms with Gasteiger partial charge in [-0.25, -0.2) is 8.78 Å². The zero-order valence-corrected chi connectivity index (χ0v) is 15.5. The Morgan fingerprint density at radius 3 is 2.56 bits per heavy atom. The summed E-state index contributed by atoms with van der Waals surface area (Å²) in [6.45, 7) is 3.49. The summed E-state index contributed by atoms with van der Waals surface area (Å²) >= 11 is 0. The van der Waals surface area contributed by atoms with Crippen molar-refractivity contribution in [1.29, 1.82) is 0 Å². The molecular formula is C20H25F2N3O2. The first-order valence-electron chi connectivity index (χ1n) is 8.81. The lowest BCUT2D eigenvalue weighted by Gasteiger charge is -2.22. The van der Waals surface area contributed by atoms with Gasteiger partial charge in [-0.3, -0.25) is 4.99 Å². The number of nitrogens with zero attached hydrogens (tertiary/aromatic N) is 2. The van der Waals surface area contributed by atoms with E-state index in [-0.39, 0.29) is 24.7 Å². The third kappa shape index (κ3) is 6.53. The fraction of sp³-hybridized carbons (Fsp3) is 0.350. The van der Waals surface area contributed by atoms with E-state index in [1.165, 1.54) is 30.3 Å². The zero-order chi connectivity index (χ0) is 19.6. The lowest BCUT2D eigenvalue weighted by Crippen LogP contribution is -2.41. The van der Waals surface area contributed by atoms with Gasteiger partial charge in [-0.15, -0.1) is 0 Å². The molecule has 0 aliphatic heterocycles. The fourth-order valence-corrected chi connectivity index (χ4v) is 2.39. The van der Waals surface area contributed by atoms with Crippen molar-refractivity contribution >= 4 is 5.96 Å². The number of likely N-dealkylation sites (N-methyl/N-ethyl adjacent to an activating group) is 1. The minimum absolute atomic E-state index is 0.131. The average molecular weight is 377 g/mol. The Labute approximate surface area is 158 Å². The Hall–Kier alpha value is -2.67. The van der Waals surface area contributed by atoms with Crippen LogP contribution in [0.1, 0.15) is 18.6 Å². The Kier molecular flexibility index (Phi) is 8.00. The molecule has 0 spiro atoms. The number of para-hydroxylation sites is 1. The van der Waals surface area contributed by atoms with Gasteiger partial charge in [-0.2, -0.15) is 0 Å². The van der Waals surface area contributed by atoms with Crippen LogP contribution in [0.4, 0.5) is 8.78 Å². The van der Waals surface area contributed by atoms with E-state index in [1.54, 1.807) is 18.2 Å². The van der Waals surface area contributed by atoms with Gasteiger partial charge in [-0.1, -0.05) is 24.3 Å². The second-order valence-electron chi connectivity index (χ2n) is 5.96. The minimum atomic E-state index is -0.831. The van der Waals surface area contributed by atoms with E-state index >= 15 is 0 Å². The van der Waals surface area contributed by atoms with Crippen LogP contribution in [0, 0.1) is 11.6 Å². The number of aliphatic imine (C=N–C) groups is 1. The maximum Gasteiger partial charge on any atom is 0.193 e. The summed E-state index contributed by atoms with van der Waals surface area (Å²) in [6, 6.07) is 11.9. The average Bonchev–Trinajstić information content (AvgIpc) is 2.66. The molecule has 1 atom stereocenters. The van der Waals surface area contributed by atoms with E-state index in [0.29, 0.717) is 24.6 Å². The molecule has 0 aromatic heterocycles. The molecule has 27 heavy (non-hydrogen) atoms. The largest absolute Gasteiger partial charge is 0.489 e. The van der Waals surface area contributed by atoms with Crippen LogP contribution in [0.25, 0.3) is 0 Å². The number of guanidine groups is 1. The molecule has 0 saturated heterocycles. The van der Waals surface area contributed by atoms with Gasteiger partial charge in [0.05, 0.1) is 19.2 Å². The predicted octanol–water partition coefficient (Wildman–Crippen LogP) is 2.97. The number of hydrogen-bond acceptors (Lipinski definition) is 3. The molecule has 0 heterocycles. The van der Waals surface area contributed by atoms with Crippen LogP contribution >= 0.6 is 0 Å². The van der Waals surface area contributed by atoms with Crippen LogP contribution in [0.15, 0.2) is 53.5 Å². The number of aliphatic hydroxyl groups excluding tert-OH is 1. The Bertz CT molecular complexity index is 738. The first-order chi connectivity index (χ1) is 13.0. The topological polar surface area (TPSA) is 57.1 Å². The molecule has 146 valence electrons. The van der Waals surface area contributed by atoms with Gasteiger partial charge in [0.1, 0.15) is 12.4 Å². The second kappa shape index (κ2) is 10.5. The van der Waals surface area contributed by atoms with Crippen LogP contribution in [0.2, 0.25) is 0 Å². The molecule has 0 aliphatic carbocycles. The summed E-state index contributed by atoms with van der Waals surface area (Å²) in [5.41, 5.74) is 0.599. The maximum atomic E-state index is 13.6. The summed E-state index contributed by atoms with van der Waals surface area (Å²) in [5.74, 6) is 0.0517. The number of hydrogen-bond donors (Lipinski definition) is 2. The molecule has 1 unspecified atom stereocenters. The van der Waals surface area contributed by atoms with Crippen molar-refractivity contribution < 1.29 is 18.6 Å². The lowest BCUT2D eigenvalue weighted by atomic mass is 10.1. The van der Waals surface area contributed by atoms with Gasteiger partial charge in [0, 0.05) is 13.6 Å². The minimum Gasteiger partial charge on any atom is -0.489 e. The van der Waals surface area contributed by atoms with Crippen LogP contribution < -0.4 is 10.1 Å². The molecular weight excluding hydrogens is 352 g/mol. The van der Waals surface area contributed by atoms with Crippen LogP contribution in [-0.4, -0.2) is 49.3 Å².